The number of ether oxygens (including phenoxy) is 1. The molecule has 1 aliphatic heterocycles. The average Bonchev–Trinajstić information content (AvgIpc) is 2.34. The molecule has 2 rings (SSSR count). The Morgan fingerprint density at radius 1 is 1.24 bits per heavy atom. The highest BCUT2D eigenvalue weighted by atomic mass is 16.5. The first kappa shape index (κ1) is 16.0. The Morgan fingerprint density at radius 2 is 1.86 bits per heavy atom. The second kappa shape index (κ2) is 5.79. The first-order valence-electron chi connectivity index (χ1n) is 7.75. The molecule has 0 aromatic carbocycles. The van der Waals surface area contributed by atoms with Crippen LogP contribution >= 0.6 is 0 Å². The number of hydrogen-bond acceptors (Lipinski definition) is 5. The van der Waals surface area contributed by atoms with E-state index in [1.807, 2.05) is 6.20 Å². The van der Waals surface area contributed by atoms with Crippen LogP contribution in [0.15, 0.2) is 6.20 Å². The van der Waals surface area contributed by atoms with Crippen molar-refractivity contribution in [2.75, 3.05) is 29.9 Å². The van der Waals surface area contributed by atoms with Gasteiger partial charge < -0.3 is 15.0 Å². The van der Waals surface area contributed by atoms with Gasteiger partial charge in [0.05, 0.1) is 11.2 Å². The van der Waals surface area contributed by atoms with Crippen LogP contribution in [-0.4, -0.2) is 40.8 Å². The molecule has 1 aromatic rings. The summed E-state index contributed by atoms with van der Waals surface area (Å²) >= 11 is 0. The lowest BCUT2D eigenvalue weighted by Crippen LogP contribution is -2.57. The van der Waals surface area contributed by atoms with Crippen molar-refractivity contribution >= 4 is 11.8 Å². The van der Waals surface area contributed by atoms with E-state index in [1.54, 1.807) is 0 Å². The summed E-state index contributed by atoms with van der Waals surface area (Å²) in [5.41, 5.74) is 0.734. The number of aryl methyl sites for hydroxylation is 1. The van der Waals surface area contributed by atoms with Gasteiger partial charge in [-0.1, -0.05) is 6.92 Å². The van der Waals surface area contributed by atoms with Gasteiger partial charge >= 0.3 is 0 Å². The maximum atomic E-state index is 6.15. The summed E-state index contributed by atoms with van der Waals surface area (Å²) in [5.74, 6) is 1.72. The molecule has 0 unspecified atom stereocenters. The van der Waals surface area contributed by atoms with E-state index < -0.39 is 0 Å². The van der Waals surface area contributed by atoms with E-state index in [4.69, 9.17) is 9.72 Å². The molecular weight excluding hydrogens is 264 g/mol. The van der Waals surface area contributed by atoms with Gasteiger partial charge in [-0.05, 0) is 41.0 Å². The zero-order valence-electron chi connectivity index (χ0n) is 14.2. The fourth-order valence-electron chi connectivity index (χ4n) is 3.01. The summed E-state index contributed by atoms with van der Waals surface area (Å²) in [6.07, 6.45) is 2.96. The number of rotatable bonds is 4. The molecule has 0 bridgehead atoms. The molecule has 1 saturated heterocycles. The first-order chi connectivity index (χ1) is 9.72. The molecule has 118 valence electrons. The van der Waals surface area contributed by atoms with Crippen LogP contribution in [0.2, 0.25) is 0 Å². The van der Waals surface area contributed by atoms with Crippen molar-refractivity contribution < 1.29 is 4.74 Å². The summed E-state index contributed by atoms with van der Waals surface area (Å²) in [7, 11) is 0. The van der Waals surface area contributed by atoms with Gasteiger partial charge in [-0.25, -0.2) is 4.98 Å². The number of anilines is 2. The predicted octanol–water partition coefficient (Wildman–Crippen LogP) is 3.00. The minimum atomic E-state index is -0.184. The second-order valence-corrected chi connectivity index (χ2v) is 7.10. The third kappa shape index (κ3) is 4.06. The molecule has 0 amide bonds. The smallest absolute Gasteiger partial charge is 0.224 e. The Bertz CT molecular complexity index is 483. The topological polar surface area (TPSA) is 50.3 Å². The molecular formula is C16H28N4O. The number of hydrogen-bond donors (Lipinski definition) is 1. The third-order valence-electron chi connectivity index (χ3n) is 3.47. The van der Waals surface area contributed by atoms with Gasteiger partial charge in [-0.3, -0.25) is 0 Å². The highest BCUT2D eigenvalue weighted by Crippen LogP contribution is 2.32. The maximum absolute atomic E-state index is 6.15. The van der Waals surface area contributed by atoms with Crippen molar-refractivity contribution in [2.24, 2.45) is 0 Å². The van der Waals surface area contributed by atoms with Gasteiger partial charge in [0, 0.05) is 31.4 Å². The largest absolute Gasteiger partial charge is 0.366 e. The maximum Gasteiger partial charge on any atom is 0.224 e. The van der Waals surface area contributed by atoms with Crippen LogP contribution in [0.5, 0.6) is 0 Å². The minimum Gasteiger partial charge on any atom is -0.366 e. The molecule has 5 nitrogen and oxygen atoms in total. The van der Waals surface area contributed by atoms with Gasteiger partial charge in [0.1, 0.15) is 5.82 Å². The highest BCUT2D eigenvalue weighted by Gasteiger charge is 2.39. The fraction of sp³-hybridized carbons (Fsp3) is 0.750. The standard InChI is InChI=1S/C16H28N4O/c1-7-8-17-14-18-9-12(2)13(19-14)20-10-15(3,4)21-16(5,6)11-20/h9H,7-8,10-11H2,1-6H3,(H,17,18,19). The molecule has 21 heavy (non-hydrogen) atoms. The summed E-state index contributed by atoms with van der Waals surface area (Å²) in [6, 6.07) is 0. The highest BCUT2D eigenvalue weighted by molar-refractivity contribution is 5.50. The normalized spacial score (nSPS) is 20.4. The molecule has 5 heteroatoms. The quantitative estimate of drug-likeness (QED) is 0.924. The van der Waals surface area contributed by atoms with Crippen LogP contribution in [0.3, 0.4) is 0 Å². The van der Waals surface area contributed by atoms with Crippen LogP contribution < -0.4 is 10.2 Å². The van der Waals surface area contributed by atoms with E-state index in [-0.39, 0.29) is 11.2 Å². The molecule has 1 N–H and O–H groups in total. The SMILES string of the molecule is CCCNc1ncc(C)c(N2CC(C)(C)OC(C)(C)C2)n1. The van der Waals surface area contributed by atoms with E-state index in [0.717, 1.165) is 37.4 Å². The Morgan fingerprint density at radius 3 is 2.43 bits per heavy atom. The molecule has 0 saturated carbocycles. The summed E-state index contributed by atoms with van der Waals surface area (Å²) in [4.78, 5) is 11.4. The van der Waals surface area contributed by atoms with Crippen LogP contribution in [0, 0.1) is 6.92 Å². The Balaban J connectivity index is 2.27. The van der Waals surface area contributed by atoms with E-state index in [0.29, 0.717) is 5.95 Å². The first-order valence-corrected chi connectivity index (χ1v) is 7.75. The number of aromatic nitrogens is 2. The Kier molecular flexibility index (Phi) is 4.42. The van der Waals surface area contributed by atoms with E-state index in [2.05, 4.69) is 56.7 Å². The molecule has 0 atom stereocenters. The fourth-order valence-corrected chi connectivity index (χ4v) is 3.01. The lowest BCUT2D eigenvalue weighted by atomic mass is 9.98. The van der Waals surface area contributed by atoms with Crippen LogP contribution in [0.25, 0.3) is 0 Å². The average molecular weight is 292 g/mol. The third-order valence-corrected chi connectivity index (χ3v) is 3.47. The number of nitrogens with one attached hydrogen (secondary N) is 1. The molecule has 1 aromatic heterocycles. The van der Waals surface area contributed by atoms with Crippen molar-refractivity contribution in [1.82, 2.24) is 9.97 Å². The molecule has 2 heterocycles. The van der Waals surface area contributed by atoms with Crippen molar-refractivity contribution in [3.8, 4) is 0 Å². The monoisotopic (exact) mass is 292 g/mol. The number of nitrogens with zero attached hydrogens (tertiary/aromatic N) is 3. The van der Waals surface area contributed by atoms with Crippen LogP contribution in [0.1, 0.15) is 46.6 Å². The van der Waals surface area contributed by atoms with Gasteiger partial charge in [-0.2, -0.15) is 4.98 Å². The summed E-state index contributed by atoms with van der Waals surface area (Å²) in [6.45, 7) is 15.3. The molecule has 0 spiro atoms. The van der Waals surface area contributed by atoms with Gasteiger partial charge in [-0.15, -0.1) is 0 Å². The predicted molar refractivity (Wildman–Crippen MR) is 87.0 cm³/mol. The number of morpholine rings is 1. The van der Waals surface area contributed by atoms with Gasteiger partial charge in [0.25, 0.3) is 0 Å². The van der Waals surface area contributed by atoms with Crippen LogP contribution in [-0.2, 0) is 4.74 Å². The van der Waals surface area contributed by atoms with Crippen molar-refractivity contribution in [1.29, 1.82) is 0 Å². The van der Waals surface area contributed by atoms with Crippen molar-refractivity contribution in [2.45, 2.75) is 59.2 Å². The molecule has 1 fully saturated rings. The van der Waals surface area contributed by atoms with Crippen molar-refractivity contribution in [3.63, 3.8) is 0 Å². The van der Waals surface area contributed by atoms with E-state index >= 15 is 0 Å². The summed E-state index contributed by atoms with van der Waals surface area (Å²) in [5, 5.41) is 3.26. The van der Waals surface area contributed by atoms with Gasteiger partial charge in [0.15, 0.2) is 0 Å². The van der Waals surface area contributed by atoms with Crippen molar-refractivity contribution in [3.05, 3.63) is 11.8 Å². The lowest BCUT2D eigenvalue weighted by Gasteiger charge is -2.47. The minimum absolute atomic E-state index is 0.184. The second-order valence-electron chi connectivity index (χ2n) is 7.10. The van der Waals surface area contributed by atoms with Crippen LogP contribution in [0.4, 0.5) is 11.8 Å². The molecule has 0 aliphatic carbocycles. The Hall–Kier alpha value is -1.36. The summed E-state index contributed by atoms with van der Waals surface area (Å²) < 4.78 is 6.15. The van der Waals surface area contributed by atoms with E-state index in [9.17, 15) is 0 Å². The van der Waals surface area contributed by atoms with Gasteiger partial charge in [0.2, 0.25) is 5.95 Å². The zero-order chi connectivity index (χ0) is 15.7. The molecule has 1 aliphatic rings. The lowest BCUT2D eigenvalue weighted by molar-refractivity contribution is -0.133. The Labute approximate surface area is 128 Å². The molecule has 0 radical (unpaired) electrons. The van der Waals surface area contributed by atoms with E-state index in [1.165, 1.54) is 0 Å². The zero-order valence-corrected chi connectivity index (χ0v) is 14.2.